The molecule has 0 fully saturated rings. The SMILES string of the molecule is CCOC(=O)CCCc1sc(N)nc1C1=C(C)N[C@H](O)N1. The van der Waals surface area contributed by atoms with Crippen molar-refractivity contribution < 1.29 is 14.6 Å². The third-order valence-corrected chi connectivity index (χ3v) is 3.99. The Morgan fingerprint density at radius 1 is 1.52 bits per heavy atom. The summed E-state index contributed by atoms with van der Waals surface area (Å²) < 4.78 is 4.91. The molecule has 0 spiro atoms. The maximum Gasteiger partial charge on any atom is 0.305 e. The Balaban J connectivity index is 2.04. The second kappa shape index (κ2) is 6.77. The fourth-order valence-corrected chi connectivity index (χ4v) is 3.05. The Labute approximate surface area is 127 Å². The third kappa shape index (κ3) is 3.85. The van der Waals surface area contributed by atoms with E-state index >= 15 is 0 Å². The fourth-order valence-electron chi connectivity index (χ4n) is 2.17. The highest BCUT2D eigenvalue weighted by atomic mass is 32.1. The number of nitrogens with two attached hydrogens (primary N) is 1. The first-order valence-electron chi connectivity index (χ1n) is 6.84. The Bertz CT molecular complexity index is 556. The smallest absolute Gasteiger partial charge is 0.305 e. The zero-order chi connectivity index (χ0) is 15.4. The Morgan fingerprint density at radius 2 is 2.29 bits per heavy atom. The van der Waals surface area contributed by atoms with Gasteiger partial charge < -0.3 is 26.2 Å². The van der Waals surface area contributed by atoms with Crippen LogP contribution in [0.5, 0.6) is 0 Å². The summed E-state index contributed by atoms with van der Waals surface area (Å²) in [5, 5.41) is 15.8. The summed E-state index contributed by atoms with van der Waals surface area (Å²) in [5.74, 6) is -0.192. The number of nitrogens with zero attached hydrogens (tertiary/aromatic N) is 1. The zero-order valence-corrected chi connectivity index (χ0v) is 12.9. The van der Waals surface area contributed by atoms with Gasteiger partial charge in [-0.25, -0.2) is 4.98 Å². The quantitative estimate of drug-likeness (QED) is 0.574. The summed E-state index contributed by atoms with van der Waals surface area (Å²) in [6.45, 7) is 4.05. The number of nitrogen functional groups attached to an aromatic ring is 1. The molecule has 0 aliphatic carbocycles. The molecule has 0 amide bonds. The number of nitrogens with one attached hydrogen (secondary N) is 2. The van der Waals surface area contributed by atoms with Crippen LogP contribution in [0, 0.1) is 0 Å². The van der Waals surface area contributed by atoms with E-state index in [-0.39, 0.29) is 5.97 Å². The highest BCUT2D eigenvalue weighted by Gasteiger charge is 2.23. The van der Waals surface area contributed by atoms with Crippen molar-refractivity contribution in [2.45, 2.75) is 39.5 Å². The van der Waals surface area contributed by atoms with E-state index in [0.29, 0.717) is 31.0 Å². The van der Waals surface area contributed by atoms with Crippen LogP contribution in [0.2, 0.25) is 0 Å². The average Bonchev–Trinajstić information content (AvgIpc) is 2.92. The van der Waals surface area contributed by atoms with Crippen molar-refractivity contribution in [1.29, 1.82) is 0 Å². The number of aliphatic hydroxyl groups excluding tert-OH is 1. The molecule has 1 aliphatic rings. The molecule has 0 saturated carbocycles. The standard InChI is InChI=1S/C13H20N4O3S/c1-3-20-9(18)6-4-5-8-11(16-12(14)21-8)10-7(2)15-13(19)17-10/h13,15,17,19H,3-6H2,1-2H3,(H2,14,16)/t13-/m0/s1. The maximum absolute atomic E-state index is 11.4. The van der Waals surface area contributed by atoms with Crippen molar-refractivity contribution in [1.82, 2.24) is 15.6 Å². The number of hydrogen-bond acceptors (Lipinski definition) is 8. The van der Waals surface area contributed by atoms with E-state index in [1.807, 2.05) is 6.92 Å². The fraction of sp³-hybridized carbons (Fsp3) is 0.538. The predicted octanol–water partition coefficient (Wildman–Crippen LogP) is 0.768. The second-order valence-electron chi connectivity index (χ2n) is 4.67. The van der Waals surface area contributed by atoms with Crippen LogP contribution in [0.25, 0.3) is 5.70 Å². The second-order valence-corrected chi connectivity index (χ2v) is 5.79. The van der Waals surface area contributed by atoms with Gasteiger partial charge in [-0.3, -0.25) is 4.79 Å². The van der Waals surface area contributed by atoms with Crippen molar-refractivity contribution in [2.24, 2.45) is 0 Å². The Hall–Kier alpha value is -1.80. The molecule has 0 unspecified atom stereocenters. The van der Waals surface area contributed by atoms with Crippen LogP contribution in [0.15, 0.2) is 5.70 Å². The number of aliphatic hydroxyl groups is 1. The van der Waals surface area contributed by atoms with Crippen molar-refractivity contribution >= 4 is 28.1 Å². The molecule has 2 rings (SSSR count). The average molecular weight is 312 g/mol. The molecule has 0 saturated heterocycles. The maximum atomic E-state index is 11.4. The Kier molecular flexibility index (Phi) is 5.03. The molecule has 116 valence electrons. The van der Waals surface area contributed by atoms with Crippen molar-refractivity contribution in [3.05, 3.63) is 16.3 Å². The normalized spacial score (nSPS) is 17.6. The van der Waals surface area contributed by atoms with E-state index in [1.54, 1.807) is 6.92 Å². The molecule has 1 atom stereocenters. The van der Waals surface area contributed by atoms with Crippen molar-refractivity contribution in [3.63, 3.8) is 0 Å². The number of aromatic nitrogens is 1. The van der Waals surface area contributed by atoms with E-state index in [4.69, 9.17) is 10.5 Å². The molecular weight excluding hydrogens is 292 g/mol. The first kappa shape index (κ1) is 15.6. The number of carbonyl (C=O) groups excluding carboxylic acids is 1. The lowest BCUT2D eigenvalue weighted by Gasteiger charge is -2.06. The van der Waals surface area contributed by atoms with Gasteiger partial charge in [0.15, 0.2) is 5.13 Å². The van der Waals surface area contributed by atoms with Crippen LogP contribution in [-0.2, 0) is 16.0 Å². The van der Waals surface area contributed by atoms with Crippen molar-refractivity contribution in [2.75, 3.05) is 12.3 Å². The molecule has 7 nitrogen and oxygen atoms in total. The summed E-state index contributed by atoms with van der Waals surface area (Å²) in [4.78, 5) is 16.7. The number of rotatable bonds is 6. The van der Waals surface area contributed by atoms with Gasteiger partial charge in [-0.2, -0.15) is 0 Å². The number of aryl methyl sites for hydroxylation is 1. The lowest BCUT2D eigenvalue weighted by atomic mass is 10.1. The van der Waals surface area contributed by atoms with Crippen LogP contribution >= 0.6 is 11.3 Å². The van der Waals surface area contributed by atoms with Crippen LogP contribution < -0.4 is 16.4 Å². The van der Waals surface area contributed by atoms with Gasteiger partial charge in [0.1, 0.15) is 5.69 Å². The zero-order valence-electron chi connectivity index (χ0n) is 12.1. The molecule has 0 bridgehead atoms. The van der Waals surface area contributed by atoms with Gasteiger partial charge in [-0.05, 0) is 26.7 Å². The van der Waals surface area contributed by atoms with Gasteiger partial charge >= 0.3 is 5.97 Å². The summed E-state index contributed by atoms with van der Waals surface area (Å²) >= 11 is 1.40. The largest absolute Gasteiger partial charge is 0.466 e. The van der Waals surface area contributed by atoms with Gasteiger partial charge in [0.2, 0.25) is 6.35 Å². The molecule has 5 N–H and O–H groups in total. The topological polar surface area (TPSA) is 110 Å². The molecule has 1 aromatic heterocycles. The van der Waals surface area contributed by atoms with Gasteiger partial charge in [-0.1, -0.05) is 0 Å². The molecule has 1 aliphatic heterocycles. The third-order valence-electron chi connectivity index (χ3n) is 3.05. The first-order valence-corrected chi connectivity index (χ1v) is 7.66. The number of hydrogen-bond donors (Lipinski definition) is 4. The summed E-state index contributed by atoms with van der Waals surface area (Å²) in [5.41, 5.74) is 8.10. The van der Waals surface area contributed by atoms with Crippen LogP contribution in [0.3, 0.4) is 0 Å². The van der Waals surface area contributed by atoms with Crippen LogP contribution in [0.4, 0.5) is 5.13 Å². The predicted molar refractivity (Wildman–Crippen MR) is 81.0 cm³/mol. The van der Waals surface area contributed by atoms with Crippen LogP contribution in [0.1, 0.15) is 37.3 Å². The highest BCUT2D eigenvalue weighted by Crippen LogP contribution is 2.29. The monoisotopic (exact) mass is 312 g/mol. The van der Waals surface area contributed by atoms with E-state index in [9.17, 15) is 9.90 Å². The van der Waals surface area contributed by atoms with Gasteiger partial charge in [-0.15, -0.1) is 11.3 Å². The van der Waals surface area contributed by atoms with Gasteiger partial charge in [0.25, 0.3) is 0 Å². The van der Waals surface area contributed by atoms with E-state index < -0.39 is 6.35 Å². The lowest BCUT2D eigenvalue weighted by Crippen LogP contribution is -2.31. The summed E-state index contributed by atoms with van der Waals surface area (Å²) in [6.07, 6.45) is 0.931. The summed E-state index contributed by atoms with van der Waals surface area (Å²) in [7, 11) is 0. The molecule has 21 heavy (non-hydrogen) atoms. The van der Waals surface area contributed by atoms with Gasteiger partial charge in [0, 0.05) is 17.0 Å². The van der Waals surface area contributed by atoms with E-state index in [2.05, 4.69) is 15.6 Å². The van der Waals surface area contributed by atoms with Crippen LogP contribution in [-0.4, -0.2) is 29.0 Å². The van der Waals surface area contributed by atoms with Gasteiger partial charge in [0.05, 0.1) is 12.3 Å². The number of esters is 1. The lowest BCUT2D eigenvalue weighted by molar-refractivity contribution is -0.143. The molecule has 8 heteroatoms. The van der Waals surface area contributed by atoms with Crippen molar-refractivity contribution in [3.8, 4) is 0 Å². The number of thiazole rings is 1. The summed E-state index contributed by atoms with van der Waals surface area (Å²) in [6, 6.07) is 0. The minimum Gasteiger partial charge on any atom is -0.466 e. The molecular formula is C13H20N4O3S. The molecule has 0 radical (unpaired) electrons. The molecule has 0 aromatic carbocycles. The number of anilines is 1. The number of allylic oxidation sites excluding steroid dienone is 1. The Morgan fingerprint density at radius 3 is 2.90 bits per heavy atom. The first-order chi connectivity index (χ1) is 10.0. The number of ether oxygens (including phenoxy) is 1. The van der Waals surface area contributed by atoms with E-state index in [0.717, 1.165) is 22.0 Å². The molecule has 2 heterocycles. The minimum atomic E-state index is -0.810. The minimum absolute atomic E-state index is 0.192. The van der Waals surface area contributed by atoms with E-state index in [1.165, 1.54) is 11.3 Å². The highest BCUT2D eigenvalue weighted by molar-refractivity contribution is 7.15. The number of carbonyl (C=O) groups is 1. The molecule has 1 aromatic rings.